The molecule has 138 valence electrons. The molecule has 0 heterocycles. The van der Waals surface area contributed by atoms with Gasteiger partial charge in [-0.3, -0.25) is 9.59 Å². The summed E-state index contributed by atoms with van der Waals surface area (Å²) in [5.74, 6) is -0.171. The second-order valence-corrected chi connectivity index (χ2v) is 7.12. The molecule has 1 aromatic carbocycles. The topological polar surface area (TPSA) is 70.2 Å². The van der Waals surface area contributed by atoms with Crippen LogP contribution in [0.3, 0.4) is 0 Å². The van der Waals surface area contributed by atoms with Gasteiger partial charge in [0.05, 0.1) is 0 Å². The summed E-state index contributed by atoms with van der Waals surface area (Å²) in [6.07, 6.45) is 7.81. The fourth-order valence-electron chi connectivity index (χ4n) is 3.03. The van der Waals surface area contributed by atoms with E-state index in [0.717, 1.165) is 6.54 Å². The van der Waals surface area contributed by atoms with Crippen molar-refractivity contribution in [2.75, 3.05) is 18.4 Å². The molecule has 2 rings (SSSR count). The number of carbonyl (C=O) groups is 2. The van der Waals surface area contributed by atoms with E-state index < -0.39 is 0 Å². The standard InChI is InChI=1S/C20H31N3O2/c1-15(2)19(24)23-18-11-9-16(10-12-18)20(25)22-14-13-21-17-7-5-3-4-6-8-17/h9-12,15,17,21H,3-8,13-14H2,1-2H3,(H,22,25)(H,23,24). The average molecular weight is 345 g/mol. The van der Waals surface area contributed by atoms with Crippen molar-refractivity contribution in [1.82, 2.24) is 10.6 Å². The quantitative estimate of drug-likeness (QED) is 0.524. The second kappa shape index (κ2) is 10.2. The molecular formula is C20H31N3O2. The smallest absolute Gasteiger partial charge is 0.251 e. The molecule has 0 atom stereocenters. The Morgan fingerprint density at radius 2 is 1.64 bits per heavy atom. The van der Waals surface area contributed by atoms with Gasteiger partial charge >= 0.3 is 0 Å². The van der Waals surface area contributed by atoms with E-state index >= 15 is 0 Å². The molecular weight excluding hydrogens is 314 g/mol. The third-order valence-corrected chi connectivity index (χ3v) is 4.64. The van der Waals surface area contributed by atoms with Crippen molar-refractivity contribution in [2.24, 2.45) is 5.92 Å². The normalized spacial score (nSPS) is 15.6. The summed E-state index contributed by atoms with van der Waals surface area (Å²) in [4.78, 5) is 23.8. The van der Waals surface area contributed by atoms with Gasteiger partial charge in [-0.2, -0.15) is 0 Å². The van der Waals surface area contributed by atoms with Crippen LogP contribution >= 0.6 is 0 Å². The molecule has 0 spiro atoms. The van der Waals surface area contributed by atoms with Crippen LogP contribution in [0.4, 0.5) is 5.69 Å². The third-order valence-electron chi connectivity index (χ3n) is 4.64. The number of amides is 2. The molecule has 0 aliphatic heterocycles. The van der Waals surface area contributed by atoms with Crippen LogP contribution in [-0.2, 0) is 4.79 Å². The number of hydrogen-bond donors (Lipinski definition) is 3. The van der Waals surface area contributed by atoms with Crippen molar-refractivity contribution in [2.45, 2.75) is 58.4 Å². The summed E-state index contributed by atoms with van der Waals surface area (Å²) >= 11 is 0. The van der Waals surface area contributed by atoms with Crippen LogP contribution < -0.4 is 16.0 Å². The SMILES string of the molecule is CC(C)C(=O)Nc1ccc(C(=O)NCCNC2CCCCCC2)cc1. The predicted molar refractivity (Wildman–Crippen MR) is 102 cm³/mol. The van der Waals surface area contributed by atoms with Crippen LogP contribution in [0.2, 0.25) is 0 Å². The molecule has 0 bridgehead atoms. The van der Waals surface area contributed by atoms with Crippen molar-refractivity contribution in [1.29, 1.82) is 0 Å². The number of nitrogens with one attached hydrogen (secondary N) is 3. The molecule has 0 radical (unpaired) electrons. The zero-order valence-electron chi connectivity index (χ0n) is 15.4. The fraction of sp³-hybridized carbons (Fsp3) is 0.600. The highest BCUT2D eigenvalue weighted by Crippen LogP contribution is 2.16. The maximum Gasteiger partial charge on any atom is 0.251 e. The van der Waals surface area contributed by atoms with Gasteiger partial charge in [0.25, 0.3) is 5.91 Å². The Labute approximate surface area is 151 Å². The lowest BCUT2D eigenvalue weighted by molar-refractivity contribution is -0.118. The summed E-state index contributed by atoms with van der Waals surface area (Å²) in [5, 5.41) is 9.31. The molecule has 0 saturated heterocycles. The summed E-state index contributed by atoms with van der Waals surface area (Å²) < 4.78 is 0. The van der Waals surface area contributed by atoms with Gasteiger partial charge in [-0.05, 0) is 37.1 Å². The maximum atomic E-state index is 12.2. The Hall–Kier alpha value is -1.88. The summed E-state index contributed by atoms with van der Waals surface area (Å²) in [6.45, 7) is 5.13. The molecule has 5 nitrogen and oxygen atoms in total. The van der Waals surface area contributed by atoms with Crippen LogP contribution in [-0.4, -0.2) is 30.9 Å². The van der Waals surface area contributed by atoms with E-state index in [1.54, 1.807) is 24.3 Å². The van der Waals surface area contributed by atoms with Gasteiger partial charge in [-0.15, -0.1) is 0 Å². The van der Waals surface area contributed by atoms with E-state index in [1.165, 1.54) is 38.5 Å². The van der Waals surface area contributed by atoms with Gasteiger partial charge in [0, 0.05) is 36.3 Å². The van der Waals surface area contributed by atoms with Gasteiger partial charge in [0.1, 0.15) is 0 Å². The first kappa shape index (κ1) is 19.4. The number of benzene rings is 1. The monoisotopic (exact) mass is 345 g/mol. The van der Waals surface area contributed by atoms with Gasteiger partial charge in [0.2, 0.25) is 5.91 Å². The first-order valence-electron chi connectivity index (χ1n) is 9.49. The van der Waals surface area contributed by atoms with Crippen LogP contribution in [0, 0.1) is 5.92 Å². The van der Waals surface area contributed by atoms with E-state index in [4.69, 9.17) is 0 Å². The Bertz CT molecular complexity index is 547. The minimum absolute atomic E-state index is 0.0261. The first-order chi connectivity index (χ1) is 12.1. The minimum atomic E-state index is -0.0793. The van der Waals surface area contributed by atoms with Crippen molar-refractivity contribution in [3.05, 3.63) is 29.8 Å². The van der Waals surface area contributed by atoms with E-state index in [0.29, 0.717) is 23.8 Å². The predicted octanol–water partition coefficient (Wildman–Crippen LogP) is 3.32. The zero-order chi connectivity index (χ0) is 18.1. The lowest BCUT2D eigenvalue weighted by Crippen LogP contribution is -2.36. The number of anilines is 1. The van der Waals surface area contributed by atoms with E-state index in [9.17, 15) is 9.59 Å². The number of carbonyl (C=O) groups excluding carboxylic acids is 2. The minimum Gasteiger partial charge on any atom is -0.351 e. The lowest BCUT2D eigenvalue weighted by atomic mass is 10.1. The Kier molecular flexibility index (Phi) is 7.92. The highest BCUT2D eigenvalue weighted by atomic mass is 16.2. The molecule has 25 heavy (non-hydrogen) atoms. The average Bonchev–Trinajstić information content (AvgIpc) is 2.88. The summed E-state index contributed by atoms with van der Waals surface area (Å²) in [6, 6.07) is 7.61. The molecule has 0 aromatic heterocycles. The van der Waals surface area contributed by atoms with Gasteiger partial charge in [-0.1, -0.05) is 39.5 Å². The maximum absolute atomic E-state index is 12.2. The van der Waals surface area contributed by atoms with E-state index in [1.807, 2.05) is 13.8 Å². The Morgan fingerprint density at radius 3 is 2.24 bits per heavy atom. The summed E-state index contributed by atoms with van der Waals surface area (Å²) in [7, 11) is 0. The van der Waals surface area contributed by atoms with Crippen molar-refractivity contribution in [3.63, 3.8) is 0 Å². The molecule has 1 aliphatic carbocycles. The molecule has 5 heteroatoms. The molecule has 1 aromatic rings. The fourth-order valence-corrected chi connectivity index (χ4v) is 3.03. The summed E-state index contributed by atoms with van der Waals surface area (Å²) in [5.41, 5.74) is 1.32. The van der Waals surface area contributed by atoms with Crippen molar-refractivity contribution >= 4 is 17.5 Å². The molecule has 2 amide bonds. The number of rotatable bonds is 7. The van der Waals surface area contributed by atoms with Crippen LogP contribution in [0.25, 0.3) is 0 Å². The van der Waals surface area contributed by atoms with Gasteiger partial charge < -0.3 is 16.0 Å². The highest BCUT2D eigenvalue weighted by Gasteiger charge is 2.12. The Morgan fingerprint density at radius 1 is 1.00 bits per heavy atom. The molecule has 1 saturated carbocycles. The number of hydrogen-bond acceptors (Lipinski definition) is 3. The Balaban J connectivity index is 1.70. The molecule has 3 N–H and O–H groups in total. The van der Waals surface area contributed by atoms with E-state index in [2.05, 4.69) is 16.0 Å². The van der Waals surface area contributed by atoms with Crippen molar-refractivity contribution in [3.8, 4) is 0 Å². The zero-order valence-corrected chi connectivity index (χ0v) is 15.4. The van der Waals surface area contributed by atoms with E-state index in [-0.39, 0.29) is 17.7 Å². The molecule has 1 fully saturated rings. The second-order valence-electron chi connectivity index (χ2n) is 7.12. The van der Waals surface area contributed by atoms with Crippen LogP contribution in [0.5, 0.6) is 0 Å². The highest BCUT2D eigenvalue weighted by molar-refractivity contribution is 5.96. The lowest BCUT2D eigenvalue weighted by Gasteiger charge is -2.16. The third kappa shape index (κ3) is 6.86. The van der Waals surface area contributed by atoms with Crippen LogP contribution in [0.1, 0.15) is 62.7 Å². The van der Waals surface area contributed by atoms with Gasteiger partial charge in [-0.25, -0.2) is 0 Å². The van der Waals surface area contributed by atoms with Crippen LogP contribution in [0.15, 0.2) is 24.3 Å². The van der Waals surface area contributed by atoms with Gasteiger partial charge in [0.15, 0.2) is 0 Å². The molecule has 1 aliphatic rings. The first-order valence-corrected chi connectivity index (χ1v) is 9.49. The molecule has 0 unspecified atom stereocenters. The largest absolute Gasteiger partial charge is 0.351 e. The van der Waals surface area contributed by atoms with Crippen molar-refractivity contribution < 1.29 is 9.59 Å².